The average molecular weight is 317 g/mol. The van der Waals surface area contributed by atoms with Crippen LogP contribution in [0.2, 0.25) is 0 Å². The maximum Gasteiger partial charge on any atom is 0.227 e. The number of methoxy groups -OCH3 is 1. The third kappa shape index (κ3) is 9.99. The number of ether oxygens (including phenoxy) is 1. The van der Waals surface area contributed by atoms with Crippen molar-refractivity contribution in [1.82, 2.24) is 5.32 Å². The quantitative estimate of drug-likeness (QED) is 0.820. The zero-order valence-electron chi connectivity index (χ0n) is 13.8. The summed E-state index contributed by atoms with van der Waals surface area (Å²) in [5, 5.41) is 2.37. The zero-order valence-corrected chi connectivity index (χ0v) is 13.8. The maximum atomic E-state index is 13.2. The highest BCUT2D eigenvalue weighted by Gasteiger charge is 2.10. The van der Waals surface area contributed by atoms with Gasteiger partial charge in [-0.05, 0) is 6.07 Å². The van der Waals surface area contributed by atoms with Crippen LogP contribution in [0, 0.1) is 11.6 Å². The molecule has 0 aliphatic heterocycles. The average Bonchev–Trinajstić information content (AvgIpc) is 2.50. The second kappa shape index (κ2) is 14.1. The van der Waals surface area contributed by atoms with Gasteiger partial charge >= 0.3 is 0 Å². The lowest BCUT2D eigenvalue weighted by Crippen LogP contribution is -2.26. The monoisotopic (exact) mass is 317 g/mol. The molecule has 0 heterocycles. The third-order valence-electron chi connectivity index (χ3n) is 2.15. The Bertz CT molecular complexity index is 451. The molecule has 0 aromatic heterocycles. The van der Waals surface area contributed by atoms with Crippen molar-refractivity contribution in [3.63, 3.8) is 0 Å². The van der Waals surface area contributed by atoms with Gasteiger partial charge in [0, 0.05) is 25.3 Å². The summed E-state index contributed by atoms with van der Waals surface area (Å²) in [6.07, 6.45) is -0.323. The van der Waals surface area contributed by atoms with Gasteiger partial charge in [0.1, 0.15) is 18.2 Å². The maximum absolute atomic E-state index is 13.2. The van der Waals surface area contributed by atoms with Gasteiger partial charge in [-0.25, -0.2) is 8.78 Å². The van der Waals surface area contributed by atoms with E-state index in [9.17, 15) is 18.4 Å². The fourth-order valence-electron chi connectivity index (χ4n) is 1.31. The van der Waals surface area contributed by atoms with Gasteiger partial charge in [0.2, 0.25) is 5.91 Å². The molecule has 0 aliphatic rings. The number of carbonyl (C=O) groups is 2. The van der Waals surface area contributed by atoms with E-state index in [1.54, 1.807) is 0 Å². The van der Waals surface area contributed by atoms with Crippen molar-refractivity contribution in [2.24, 2.45) is 0 Å². The normalized spacial score (nSPS) is 8.86. The van der Waals surface area contributed by atoms with Crippen molar-refractivity contribution in [2.75, 3.05) is 13.7 Å². The predicted octanol–water partition coefficient (Wildman–Crippen LogP) is 3.24. The van der Waals surface area contributed by atoms with Crippen LogP contribution in [0.5, 0.6) is 0 Å². The number of carbonyl (C=O) groups excluding carboxylic acids is 2. The predicted molar refractivity (Wildman–Crippen MR) is 82.4 cm³/mol. The molecule has 6 heteroatoms. The van der Waals surface area contributed by atoms with Crippen LogP contribution in [0.25, 0.3) is 0 Å². The van der Waals surface area contributed by atoms with Crippen LogP contribution >= 0.6 is 0 Å². The highest BCUT2D eigenvalue weighted by atomic mass is 19.1. The topological polar surface area (TPSA) is 55.4 Å². The zero-order chi connectivity index (χ0) is 17.5. The fraction of sp³-hybridized carbons (Fsp3) is 0.500. The van der Waals surface area contributed by atoms with E-state index in [-0.39, 0.29) is 30.9 Å². The molecule has 0 bridgehead atoms. The Morgan fingerprint density at radius 1 is 1.14 bits per heavy atom. The third-order valence-corrected chi connectivity index (χ3v) is 2.15. The summed E-state index contributed by atoms with van der Waals surface area (Å²) >= 11 is 0. The van der Waals surface area contributed by atoms with E-state index >= 15 is 0 Å². The molecule has 1 aromatic carbocycles. The van der Waals surface area contributed by atoms with Crippen LogP contribution in [0.15, 0.2) is 18.2 Å². The molecule has 4 nitrogen and oxygen atoms in total. The van der Waals surface area contributed by atoms with Crippen molar-refractivity contribution >= 4 is 11.7 Å². The minimum absolute atomic E-state index is 0.0921. The largest absolute Gasteiger partial charge is 0.377 e. The van der Waals surface area contributed by atoms with Gasteiger partial charge in [0.25, 0.3) is 0 Å². The van der Waals surface area contributed by atoms with E-state index in [1.165, 1.54) is 13.2 Å². The summed E-state index contributed by atoms with van der Waals surface area (Å²) in [5.41, 5.74) is 0.156. The van der Waals surface area contributed by atoms with E-state index in [2.05, 4.69) is 10.1 Å². The Kier molecular flexibility index (Phi) is 14.4. The Hall–Kier alpha value is -1.82. The minimum Gasteiger partial charge on any atom is -0.377 e. The van der Waals surface area contributed by atoms with Crippen molar-refractivity contribution in [1.29, 1.82) is 0 Å². The minimum atomic E-state index is -0.737. The molecule has 1 rings (SSSR count). The lowest BCUT2D eigenvalue weighted by atomic mass is 10.2. The number of halogens is 2. The molecule has 0 unspecified atom stereocenters. The van der Waals surface area contributed by atoms with E-state index in [1.807, 2.05) is 27.7 Å². The lowest BCUT2D eigenvalue weighted by molar-refractivity contribution is -0.130. The molecule has 22 heavy (non-hydrogen) atoms. The number of hydrogen-bond donors (Lipinski definition) is 1. The van der Waals surface area contributed by atoms with Crippen LogP contribution in [-0.2, 0) is 20.9 Å². The van der Waals surface area contributed by atoms with Crippen LogP contribution in [0.1, 0.15) is 39.7 Å². The SMILES string of the molecule is CC.CC.COCC(=O)CC(=O)NCc1ccc(F)cc1F. The molecule has 0 atom stereocenters. The number of benzene rings is 1. The molecular formula is C16H25F2NO3. The van der Waals surface area contributed by atoms with Crippen molar-refractivity contribution in [3.05, 3.63) is 35.4 Å². The summed E-state index contributed by atoms with van der Waals surface area (Å²) in [6.45, 7) is 7.77. The highest BCUT2D eigenvalue weighted by Crippen LogP contribution is 2.08. The van der Waals surface area contributed by atoms with E-state index < -0.39 is 17.5 Å². The van der Waals surface area contributed by atoms with E-state index in [0.717, 1.165) is 12.1 Å². The number of amides is 1. The second-order valence-electron chi connectivity index (χ2n) is 3.66. The van der Waals surface area contributed by atoms with Crippen molar-refractivity contribution in [3.8, 4) is 0 Å². The van der Waals surface area contributed by atoms with Gasteiger partial charge in [-0.3, -0.25) is 9.59 Å². The van der Waals surface area contributed by atoms with Crippen LogP contribution in [-0.4, -0.2) is 25.4 Å². The van der Waals surface area contributed by atoms with Gasteiger partial charge in [0.15, 0.2) is 5.78 Å². The number of ketones is 1. The van der Waals surface area contributed by atoms with Gasteiger partial charge in [0.05, 0.1) is 6.42 Å². The summed E-state index contributed by atoms with van der Waals surface area (Å²) in [6, 6.07) is 3.07. The number of rotatable bonds is 6. The smallest absolute Gasteiger partial charge is 0.227 e. The molecule has 0 saturated carbocycles. The summed E-state index contributed by atoms with van der Waals surface area (Å²) in [7, 11) is 1.35. The van der Waals surface area contributed by atoms with Gasteiger partial charge in [-0.2, -0.15) is 0 Å². The second-order valence-corrected chi connectivity index (χ2v) is 3.66. The molecule has 0 fully saturated rings. The molecule has 0 aliphatic carbocycles. The molecule has 0 saturated heterocycles. The number of Topliss-reactive ketones (excluding diaryl/α,β-unsaturated/α-hetero) is 1. The van der Waals surface area contributed by atoms with Crippen molar-refractivity contribution in [2.45, 2.75) is 40.7 Å². The Labute approximate surface area is 130 Å². The molecule has 1 N–H and O–H groups in total. The highest BCUT2D eigenvalue weighted by molar-refractivity contribution is 5.98. The first-order valence-corrected chi connectivity index (χ1v) is 7.24. The molecular weight excluding hydrogens is 292 g/mol. The van der Waals surface area contributed by atoms with Crippen LogP contribution in [0.4, 0.5) is 8.78 Å². The first-order valence-electron chi connectivity index (χ1n) is 7.24. The molecule has 1 aromatic rings. The van der Waals surface area contributed by atoms with Crippen molar-refractivity contribution < 1.29 is 23.1 Å². The Morgan fingerprint density at radius 2 is 1.73 bits per heavy atom. The summed E-state index contributed by atoms with van der Waals surface area (Å²) in [5.74, 6) is -2.31. The summed E-state index contributed by atoms with van der Waals surface area (Å²) in [4.78, 5) is 22.4. The first-order chi connectivity index (χ1) is 10.5. The van der Waals surface area contributed by atoms with Crippen LogP contribution in [0.3, 0.4) is 0 Å². The summed E-state index contributed by atoms with van der Waals surface area (Å²) < 4.78 is 30.4. The van der Waals surface area contributed by atoms with Gasteiger partial charge in [-0.1, -0.05) is 33.8 Å². The molecule has 0 spiro atoms. The molecule has 0 radical (unpaired) electrons. The first kappa shape index (κ1) is 22.5. The Morgan fingerprint density at radius 3 is 2.23 bits per heavy atom. The standard InChI is InChI=1S/C12H13F2NO3.2C2H6/c1-18-7-10(16)5-12(17)15-6-8-2-3-9(13)4-11(8)14;2*1-2/h2-4H,5-7H2,1H3,(H,15,17);2*1-2H3. The van der Waals surface area contributed by atoms with Gasteiger partial charge in [-0.15, -0.1) is 0 Å². The van der Waals surface area contributed by atoms with Gasteiger partial charge < -0.3 is 10.1 Å². The fourth-order valence-corrected chi connectivity index (χ4v) is 1.31. The number of nitrogens with one attached hydrogen (secondary N) is 1. The molecule has 126 valence electrons. The Balaban J connectivity index is 0. The molecule has 1 amide bonds. The number of hydrogen-bond acceptors (Lipinski definition) is 3. The van der Waals surface area contributed by atoms with E-state index in [0.29, 0.717) is 0 Å². The van der Waals surface area contributed by atoms with E-state index in [4.69, 9.17) is 0 Å². The lowest BCUT2D eigenvalue weighted by Gasteiger charge is -2.06. The van der Waals surface area contributed by atoms with Crippen LogP contribution < -0.4 is 5.32 Å².